The van der Waals surface area contributed by atoms with Crippen LogP contribution < -0.4 is 15.8 Å². The van der Waals surface area contributed by atoms with Gasteiger partial charge in [-0.05, 0) is 12.1 Å². The average Bonchev–Trinajstić information content (AvgIpc) is 2.82. The maximum absolute atomic E-state index is 5.80. The van der Waals surface area contributed by atoms with Gasteiger partial charge in [0.25, 0.3) is 0 Å². The van der Waals surface area contributed by atoms with Gasteiger partial charge in [0.15, 0.2) is 11.8 Å². The first-order valence-corrected chi connectivity index (χ1v) is 5.73. The smallest absolute Gasteiger partial charge is 0.193 e. The van der Waals surface area contributed by atoms with Gasteiger partial charge in [0.05, 0.1) is 7.11 Å². The van der Waals surface area contributed by atoms with E-state index in [0.29, 0.717) is 12.5 Å². The van der Waals surface area contributed by atoms with Crippen molar-refractivity contribution in [2.45, 2.75) is 6.54 Å². The largest absolute Gasteiger partial charge is 0.497 e. The number of aromatic nitrogens is 3. The highest BCUT2D eigenvalue weighted by Crippen LogP contribution is 2.16. The van der Waals surface area contributed by atoms with Crippen molar-refractivity contribution < 1.29 is 4.74 Å². The van der Waals surface area contributed by atoms with E-state index in [2.05, 4.69) is 20.5 Å². The summed E-state index contributed by atoms with van der Waals surface area (Å²) in [6.07, 6.45) is 1.62. The molecule has 0 bridgehead atoms. The van der Waals surface area contributed by atoms with Crippen LogP contribution >= 0.6 is 0 Å². The van der Waals surface area contributed by atoms with E-state index in [1.807, 2.05) is 31.3 Å². The number of guanidine groups is 1. The van der Waals surface area contributed by atoms with Gasteiger partial charge in [-0.2, -0.15) is 0 Å². The molecule has 0 amide bonds. The van der Waals surface area contributed by atoms with Gasteiger partial charge in [-0.1, -0.05) is 6.07 Å². The van der Waals surface area contributed by atoms with Crippen molar-refractivity contribution in [3.05, 3.63) is 36.4 Å². The highest BCUT2D eigenvalue weighted by Gasteiger charge is 2.00. The number of nitrogens with one attached hydrogen (secondary N) is 1. The van der Waals surface area contributed by atoms with E-state index in [4.69, 9.17) is 10.5 Å². The summed E-state index contributed by atoms with van der Waals surface area (Å²) in [7, 11) is 3.47. The zero-order valence-electron chi connectivity index (χ0n) is 10.9. The fourth-order valence-electron chi connectivity index (χ4n) is 1.49. The molecule has 0 spiro atoms. The molecule has 3 N–H and O–H groups in total. The Kier molecular flexibility index (Phi) is 3.97. The molecule has 0 atom stereocenters. The lowest BCUT2D eigenvalue weighted by Gasteiger charge is -2.07. The van der Waals surface area contributed by atoms with Crippen molar-refractivity contribution in [2.75, 3.05) is 12.4 Å². The zero-order valence-corrected chi connectivity index (χ0v) is 10.9. The van der Waals surface area contributed by atoms with Crippen molar-refractivity contribution in [1.29, 1.82) is 0 Å². The van der Waals surface area contributed by atoms with Crippen molar-refractivity contribution in [3.8, 4) is 5.75 Å². The van der Waals surface area contributed by atoms with E-state index in [0.717, 1.165) is 17.3 Å². The van der Waals surface area contributed by atoms with Crippen LogP contribution in [-0.4, -0.2) is 27.8 Å². The summed E-state index contributed by atoms with van der Waals surface area (Å²) >= 11 is 0. The topological polar surface area (TPSA) is 90.3 Å². The molecule has 0 aliphatic heterocycles. The number of hydrogen-bond donors (Lipinski definition) is 2. The maximum atomic E-state index is 5.80. The third kappa shape index (κ3) is 3.44. The second-order valence-electron chi connectivity index (χ2n) is 3.92. The number of anilines is 1. The molecule has 0 saturated carbocycles. The van der Waals surface area contributed by atoms with Crippen LogP contribution in [0.1, 0.15) is 5.82 Å². The minimum atomic E-state index is 0.316. The number of methoxy groups -OCH3 is 1. The standard InChI is InChI=1S/C12H16N6O/c1-18-8-15-17-11(18)7-14-12(13)16-9-4-3-5-10(6-9)19-2/h3-6,8H,7H2,1-2H3,(H3,13,14,16). The molecule has 2 rings (SSSR count). The molecule has 0 aliphatic carbocycles. The van der Waals surface area contributed by atoms with E-state index >= 15 is 0 Å². The SMILES string of the molecule is COc1cccc(NC(N)=NCc2nncn2C)c1. The zero-order chi connectivity index (χ0) is 13.7. The highest BCUT2D eigenvalue weighted by atomic mass is 16.5. The van der Waals surface area contributed by atoms with E-state index in [1.54, 1.807) is 18.0 Å². The summed E-state index contributed by atoms with van der Waals surface area (Å²) in [6, 6.07) is 7.45. The van der Waals surface area contributed by atoms with Crippen molar-refractivity contribution >= 4 is 11.6 Å². The van der Waals surface area contributed by atoms with Crippen LogP contribution in [-0.2, 0) is 13.6 Å². The van der Waals surface area contributed by atoms with Gasteiger partial charge in [0, 0.05) is 18.8 Å². The van der Waals surface area contributed by atoms with Crippen LogP contribution in [0.5, 0.6) is 5.75 Å². The second kappa shape index (κ2) is 5.85. The van der Waals surface area contributed by atoms with Crippen LogP contribution in [0.3, 0.4) is 0 Å². The number of benzene rings is 1. The molecule has 1 aromatic carbocycles. The first-order chi connectivity index (χ1) is 9.19. The molecule has 2 aromatic rings. The van der Waals surface area contributed by atoms with Gasteiger partial charge < -0.3 is 20.4 Å². The normalized spacial score (nSPS) is 11.4. The van der Waals surface area contributed by atoms with Crippen molar-refractivity contribution in [1.82, 2.24) is 14.8 Å². The second-order valence-corrected chi connectivity index (χ2v) is 3.92. The summed E-state index contributed by atoms with van der Waals surface area (Å²) < 4.78 is 6.92. The molecule has 0 radical (unpaired) electrons. The first kappa shape index (κ1) is 12.9. The summed E-state index contributed by atoms with van der Waals surface area (Å²) in [5.41, 5.74) is 6.62. The molecule has 0 aliphatic rings. The average molecular weight is 260 g/mol. The third-order valence-electron chi connectivity index (χ3n) is 2.54. The summed E-state index contributed by atoms with van der Waals surface area (Å²) in [5.74, 6) is 1.82. The van der Waals surface area contributed by atoms with Crippen molar-refractivity contribution in [3.63, 3.8) is 0 Å². The van der Waals surface area contributed by atoms with Crippen molar-refractivity contribution in [2.24, 2.45) is 17.8 Å². The Hall–Kier alpha value is -2.57. The minimum Gasteiger partial charge on any atom is -0.497 e. The highest BCUT2D eigenvalue weighted by molar-refractivity contribution is 5.92. The van der Waals surface area contributed by atoms with Crippen LogP contribution in [0.25, 0.3) is 0 Å². The monoisotopic (exact) mass is 260 g/mol. The Bertz CT molecular complexity index is 577. The lowest BCUT2D eigenvalue weighted by molar-refractivity contribution is 0.415. The van der Waals surface area contributed by atoms with Gasteiger partial charge in [-0.15, -0.1) is 10.2 Å². The number of nitrogens with zero attached hydrogens (tertiary/aromatic N) is 4. The fourth-order valence-corrected chi connectivity index (χ4v) is 1.49. The van der Waals surface area contributed by atoms with Crippen LogP contribution in [0.4, 0.5) is 5.69 Å². The lowest BCUT2D eigenvalue weighted by atomic mass is 10.3. The van der Waals surface area contributed by atoms with Gasteiger partial charge in [-0.3, -0.25) is 0 Å². The fraction of sp³-hybridized carbons (Fsp3) is 0.250. The lowest BCUT2D eigenvalue weighted by Crippen LogP contribution is -2.22. The van der Waals surface area contributed by atoms with Gasteiger partial charge in [-0.25, -0.2) is 4.99 Å². The molecule has 19 heavy (non-hydrogen) atoms. The Labute approximate surface area is 111 Å². The predicted octanol–water partition coefficient (Wildman–Crippen LogP) is 0.750. The molecule has 0 saturated heterocycles. The molecule has 100 valence electrons. The number of aryl methyl sites for hydroxylation is 1. The van der Waals surface area contributed by atoms with Crippen LogP contribution in [0, 0.1) is 0 Å². The molecular formula is C12H16N6O. The molecule has 1 heterocycles. The number of aliphatic imine (C=N–C) groups is 1. The molecule has 1 aromatic heterocycles. The number of rotatable bonds is 4. The van der Waals surface area contributed by atoms with E-state index in [1.165, 1.54) is 0 Å². The van der Waals surface area contributed by atoms with Gasteiger partial charge in [0.1, 0.15) is 18.6 Å². The Morgan fingerprint density at radius 1 is 1.53 bits per heavy atom. The quantitative estimate of drug-likeness (QED) is 0.625. The summed E-state index contributed by atoms with van der Waals surface area (Å²) in [6.45, 7) is 0.374. The number of nitrogens with two attached hydrogens (primary N) is 1. The van der Waals surface area contributed by atoms with Crippen LogP contribution in [0.15, 0.2) is 35.6 Å². The third-order valence-corrected chi connectivity index (χ3v) is 2.54. The van der Waals surface area contributed by atoms with Gasteiger partial charge in [0.2, 0.25) is 0 Å². The molecule has 0 fully saturated rings. The van der Waals surface area contributed by atoms with E-state index in [-0.39, 0.29) is 0 Å². The minimum absolute atomic E-state index is 0.316. The predicted molar refractivity (Wildman–Crippen MR) is 72.9 cm³/mol. The molecule has 7 heteroatoms. The summed E-state index contributed by atoms with van der Waals surface area (Å²) in [4.78, 5) is 4.20. The summed E-state index contributed by atoms with van der Waals surface area (Å²) in [5, 5.41) is 10.7. The number of ether oxygens (including phenoxy) is 1. The molecular weight excluding hydrogens is 244 g/mol. The van der Waals surface area contributed by atoms with Crippen LogP contribution in [0.2, 0.25) is 0 Å². The van der Waals surface area contributed by atoms with E-state index < -0.39 is 0 Å². The molecule has 7 nitrogen and oxygen atoms in total. The Morgan fingerprint density at radius 2 is 2.37 bits per heavy atom. The Morgan fingerprint density at radius 3 is 3.05 bits per heavy atom. The maximum Gasteiger partial charge on any atom is 0.193 e. The first-order valence-electron chi connectivity index (χ1n) is 5.73. The Balaban J connectivity index is 2.00. The van der Waals surface area contributed by atoms with E-state index in [9.17, 15) is 0 Å². The molecule has 0 unspecified atom stereocenters. The number of hydrogen-bond acceptors (Lipinski definition) is 4. The van der Waals surface area contributed by atoms with Gasteiger partial charge >= 0.3 is 0 Å².